The molecule has 2 heterocycles. The minimum atomic E-state index is -0.282. The second kappa shape index (κ2) is 7.69. The van der Waals surface area contributed by atoms with Crippen LogP contribution in [0.3, 0.4) is 0 Å². The molecule has 0 bridgehead atoms. The summed E-state index contributed by atoms with van der Waals surface area (Å²) in [6.45, 7) is 6.17. The summed E-state index contributed by atoms with van der Waals surface area (Å²) in [7, 11) is 0. The number of thiophene rings is 1. The van der Waals surface area contributed by atoms with Crippen LogP contribution in [-0.2, 0) is 9.53 Å². The highest BCUT2D eigenvalue weighted by Gasteiger charge is 2.35. The number of rotatable bonds is 5. The van der Waals surface area contributed by atoms with Crippen LogP contribution in [0.4, 0.5) is 0 Å². The molecule has 7 heteroatoms. The first kappa shape index (κ1) is 16.9. The first-order chi connectivity index (χ1) is 10.0. The molecule has 2 unspecified atom stereocenters. The predicted octanol–water partition coefficient (Wildman–Crippen LogP) is 1.74. The highest BCUT2D eigenvalue weighted by Crippen LogP contribution is 2.31. The maximum absolute atomic E-state index is 12.4. The summed E-state index contributed by atoms with van der Waals surface area (Å²) in [5, 5.41) is 5.01. The van der Waals surface area contributed by atoms with E-state index >= 15 is 0 Å². The van der Waals surface area contributed by atoms with Gasteiger partial charge in [-0.2, -0.15) is 0 Å². The Labute approximate surface area is 138 Å². The van der Waals surface area contributed by atoms with Gasteiger partial charge in [0.25, 0.3) is 0 Å². The monoisotopic (exact) mass is 375 g/mol. The SMILES string of the molecule is CC(C)NC(=O)C1COCCN1C(CN)c1cc(Br)cs1. The largest absolute Gasteiger partial charge is 0.378 e. The molecule has 0 aliphatic carbocycles. The molecule has 21 heavy (non-hydrogen) atoms. The Kier molecular flexibility index (Phi) is 6.19. The molecule has 0 spiro atoms. The van der Waals surface area contributed by atoms with Gasteiger partial charge < -0.3 is 15.8 Å². The van der Waals surface area contributed by atoms with Crippen molar-refractivity contribution in [3.05, 3.63) is 20.8 Å². The maximum atomic E-state index is 12.4. The first-order valence-corrected chi connectivity index (χ1v) is 8.78. The second-order valence-corrected chi connectivity index (χ2v) is 7.27. The highest BCUT2D eigenvalue weighted by molar-refractivity contribution is 9.10. The van der Waals surface area contributed by atoms with Crippen LogP contribution in [0.1, 0.15) is 24.8 Å². The average molecular weight is 376 g/mol. The normalized spacial score (nSPS) is 21.5. The van der Waals surface area contributed by atoms with Crippen molar-refractivity contribution >= 4 is 33.2 Å². The zero-order valence-corrected chi connectivity index (χ0v) is 14.7. The van der Waals surface area contributed by atoms with E-state index in [0.717, 1.165) is 4.47 Å². The van der Waals surface area contributed by atoms with Crippen molar-refractivity contribution in [1.29, 1.82) is 0 Å². The molecular weight excluding hydrogens is 354 g/mol. The van der Waals surface area contributed by atoms with Gasteiger partial charge >= 0.3 is 0 Å². The van der Waals surface area contributed by atoms with E-state index in [-0.39, 0.29) is 24.0 Å². The van der Waals surface area contributed by atoms with E-state index in [2.05, 4.69) is 32.2 Å². The van der Waals surface area contributed by atoms with Crippen LogP contribution in [-0.4, -0.2) is 49.2 Å². The molecule has 118 valence electrons. The highest BCUT2D eigenvalue weighted by atomic mass is 79.9. The van der Waals surface area contributed by atoms with Crippen molar-refractivity contribution < 1.29 is 9.53 Å². The second-order valence-electron chi connectivity index (χ2n) is 5.41. The van der Waals surface area contributed by atoms with E-state index in [9.17, 15) is 4.79 Å². The van der Waals surface area contributed by atoms with Gasteiger partial charge in [-0.3, -0.25) is 9.69 Å². The van der Waals surface area contributed by atoms with Crippen LogP contribution in [0.15, 0.2) is 15.9 Å². The van der Waals surface area contributed by atoms with Crippen molar-refractivity contribution in [3.8, 4) is 0 Å². The summed E-state index contributed by atoms with van der Waals surface area (Å²) in [5.41, 5.74) is 5.99. The number of carbonyl (C=O) groups excluding carboxylic acids is 1. The van der Waals surface area contributed by atoms with Gasteiger partial charge in [0.1, 0.15) is 6.04 Å². The van der Waals surface area contributed by atoms with Crippen LogP contribution in [0.25, 0.3) is 0 Å². The molecule has 1 amide bonds. The quantitative estimate of drug-likeness (QED) is 0.822. The van der Waals surface area contributed by atoms with E-state index in [1.165, 1.54) is 4.88 Å². The van der Waals surface area contributed by atoms with Gasteiger partial charge in [0, 0.05) is 33.9 Å². The van der Waals surface area contributed by atoms with Gasteiger partial charge in [-0.05, 0) is 35.8 Å². The number of nitrogens with two attached hydrogens (primary N) is 1. The number of morpholine rings is 1. The Morgan fingerprint density at radius 1 is 1.67 bits per heavy atom. The van der Waals surface area contributed by atoms with Gasteiger partial charge in [0.05, 0.1) is 19.3 Å². The lowest BCUT2D eigenvalue weighted by Crippen LogP contribution is -2.56. The van der Waals surface area contributed by atoms with Gasteiger partial charge in [0.2, 0.25) is 5.91 Å². The third kappa shape index (κ3) is 4.26. The Bertz CT molecular complexity index is 481. The average Bonchev–Trinajstić information content (AvgIpc) is 2.86. The smallest absolute Gasteiger partial charge is 0.239 e. The molecule has 1 fully saturated rings. The number of nitrogens with zero attached hydrogens (tertiary/aromatic N) is 1. The molecule has 0 aromatic carbocycles. The van der Waals surface area contributed by atoms with Crippen LogP contribution >= 0.6 is 27.3 Å². The molecule has 0 saturated carbocycles. The third-order valence-electron chi connectivity index (χ3n) is 3.44. The zero-order valence-electron chi connectivity index (χ0n) is 12.3. The van der Waals surface area contributed by atoms with E-state index < -0.39 is 0 Å². The van der Waals surface area contributed by atoms with Gasteiger partial charge in [0.15, 0.2) is 0 Å². The fraction of sp³-hybridized carbons (Fsp3) is 0.643. The van der Waals surface area contributed by atoms with E-state index in [1.807, 2.05) is 19.2 Å². The lowest BCUT2D eigenvalue weighted by Gasteiger charge is -2.39. The number of halogens is 1. The molecule has 1 saturated heterocycles. The molecular formula is C14H22BrN3O2S. The number of carbonyl (C=O) groups is 1. The Morgan fingerprint density at radius 3 is 3.00 bits per heavy atom. The summed E-state index contributed by atoms with van der Waals surface area (Å²) >= 11 is 5.14. The van der Waals surface area contributed by atoms with Crippen molar-refractivity contribution in [1.82, 2.24) is 10.2 Å². The summed E-state index contributed by atoms with van der Waals surface area (Å²) in [6, 6.07) is 1.96. The fourth-order valence-electron chi connectivity index (χ4n) is 2.51. The fourth-order valence-corrected chi connectivity index (χ4v) is 4.09. The van der Waals surface area contributed by atoms with Gasteiger partial charge in [-0.1, -0.05) is 0 Å². The summed E-state index contributed by atoms with van der Waals surface area (Å²) in [6.07, 6.45) is 0. The minimum absolute atomic E-state index is 0.0128. The predicted molar refractivity (Wildman–Crippen MR) is 88.4 cm³/mol. The molecule has 1 aromatic rings. The number of ether oxygens (including phenoxy) is 1. The van der Waals surface area contributed by atoms with E-state index in [4.69, 9.17) is 10.5 Å². The molecule has 1 aliphatic heterocycles. The molecule has 1 aromatic heterocycles. The third-order valence-corrected chi connectivity index (χ3v) is 5.24. The van der Waals surface area contributed by atoms with Crippen LogP contribution < -0.4 is 11.1 Å². The molecule has 0 radical (unpaired) electrons. The van der Waals surface area contributed by atoms with E-state index in [0.29, 0.717) is 26.3 Å². The standard InChI is InChI=1S/C14H22BrN3O2S/c1-9(2)17-14(19)12-7-20-4-3-18(12)11(6-16)13-5-10(15)8-21-13/h5,8-9,11-12H,3-4,6-7,16H2,1-2H3,(H,17,19). The number of amides is 1. The van der Waals surface area contributed by atoms with Crippen molar-refractivity contribution in [2.75, 3.05) is 26.3 Å². The Morgan fingerprint density at radius 2 is 2.43 bits per heavy atom. The van der Waals surface area contributed by atoms with Crippen molar-refractivity contribution in [2.24, 2.45) is 5.73 Å². The summed E-state index contributed by atoms with van der Waals surface area (Å²) in [4.78, 5) is 15.7. The molecule has 2 rings (SSSR count). The summed E-state index contributed by atoms with van der Waals surface area (Å²) < 4.78 is 6.55. The zero-order chi connectivity index (χ0) is 15.4. The lowest BCUT2D eigenvalue weighted by molar-refractivity contribution is -0.135. The van der Waals surface area contributed by atoms with Crippen LogP contribution in [0.2, 0.25) is 0 Å². The van der Waals surface area contributed by atoms with Crippen LogP contribution in [0, 0.1) is 0 Å². The minimum Gasteiger partial charge on any atom is -0.378 e. The molecule has 5 nitrogen and oxygen atoms in total. The number of nitrogens with one attached hydrogen (secondary N) is 1. The molecule has 1 aliphatic rings. The Hall–Kier alpha value is -0.470. The lowest BCUT2D eigenvalue weighted by atomic mass is 10.1. The molecule has 3 N–H and O–H groups in total. The van der Waals surface area contributed by atoms with Crippen molar-refractivity contribution in [3.63, 3.8) is 0 Å². The maximum Gasteiger partial charge on any atom is 0.239 e. The topological polar surface area (TPSA) is 67.6 Å². The molecule has 2 atom stereocenters. The number of hydrogen-bond acceptors (Lipinski definition) is 5. The Balaban J connectivity index is 2.18. The van der Waals surface area contributed by atoms with Gasteiger partial charge in [-0.25, -0.2) is 0 Å². The van der Waals surface area contributed by atoms with Crippen molar-refractivity contribution in [2.45, 2.75) is 32.0 Å². The number of hydrogen-bond donors (Lipinski definition) is 2. The van der Waals surface area contributed by atoms with Gasteiger partial charge in [-0.15, -0.1) is 11.3 Å². The van der Waals surface area contributed by atoms with Crippen LogP contribution in [0.5, 0.6) is 0 Å². The van der Waals surface area contributed by atoms with E-state index in [1.54, 1.807) is 11.3 Å². The first-order valence-electron chi connectivity index (χ1n) is 7.10. The summed E-state index contributed by atoms with van der Waals surface area (Å²) in [5.74, 6) is 0.0128.